The van der Waals surface area contributed by atoms with E-state index in [1.807, 2.05) is 11.9 Å². The van der Waals surface area contributed by atoms with Crippen molar-refractivity contribution < 1.29 is 8.42 Å². The van der Waals surface area contributed by atoms with E-state index in [1.54, 1.807) is 30.8 Å². The highest BCUT2D eigenvalue weighted by atomic mass is 32.2. The van der Waals surface area contributed by atoms with E-state index in [1.165, 1.54) is 6.07 Å². The third-order valence-electron chi connectivity index (χ3n) is 3.43. The fourth-order valence-electron chi connectivity index (χ4n) is 1.99. The van der Waals surface area contributed by atoms with Gasteiger partial charge in [-0.05, 0) is 43.6 Å². The predicted octanol–water partition coefficient (Wildman–Crippen LogP) is 2.14. The fourth-order valence-corrected chi connectivity index (χ4v) is 3.63. The van der Waals surface area contributed by atoms with Crippen LogP contribution in [0, 0.1) is 0 Å². The highest BCUT2D eigenvalue weighted by Crippen LogP contribution is 2.28. The number of benzene rings is 1. The van der Waals surface area contributed by atoms with Gasteiger partial charge in [-0.1, -0.05) is 6.92 Å². The summed E-state index contributed by atoms with van der Waals surface area (Å²) in [7, 11) is -1.52. The molecule has 0 heterocycles. The maximum atomic E-state index is 12.1. The van der Waals surface area contributed by atoms with Crippen molar-refractivity contribution in [2.75, 3.05) is 36.2 Å². The van der Waals surface area contributed by atoms with E-state index in [9.17, 15) is 8.42 Å². The highest BCUT2D eigenvalue weighted by Gasteiger charge is 2.18. The van der Waals surface area contributed by atoms with Crippen LogP contribution in [-0.2, 0) is 10.0 Å². The van der Waals surface area contributed by atoms with Crippen molar-refractivity contribution in [3.05, 3.63) is 18.2 Å². The average Bonchev–Trinajstić information content (AvgIpc) is 2.44. The average molecular weight is 332 g/mol. The highest BCUT2D eigenvalue weighted by molar-refractivity contribution is 7.98. The molecule has 0 bridgehead atoms. The number of sulfonamides is 1. The van der Waals surface area contributed by atoms with Gasteiger partial charge in [0.1, 0.15) is 0 Å². The summed E-state index contributed by atoms with van der Waals surface area (Å²) >= 11 is 1.80. The number of nitrogens with one attached hydrogen (secondary N) is 1. The molecular formula is C14H25N3O2S2. The molecule has 1 rings (SSSR count). The molecule has 0 aromatic heterocycles. The molecule has 0 aliphatic heterocycles. The Morgan fingerprint density at radius 3 is 2.67 bits per heavy atom. The number of hydrogen-bond donors (Lipinski definition) is 2. The zero-order valence-corrected chi connectivity index (χ0v) is 14.7. The Bertz CT molecular complexity index is 561. The van der Waals surface area contributed by atoms with Gasteiger partial charge in [0.15, 0.2) is 0 Å². The number of nitrogen functional groups attached to an aromatic ring is 1. The molecule has 0 amide bonds. The summed E-state index contributed by atoms with van der Waals surface area (Å²) in [4.78, 5) is 2.29. The van der Waals surface area contributed by atoms with Crippen LogP contribution in [0.15, 0.2) is 23.1 Å². The van der Waals surface area contributed by atoms with Gasteiger partial charge < -0.3 is 10.6 Å². The molecule has 0 fully saturated rings. The molecule has 21 heavy (non-hydrogen) atoms. The van der Waals surface area contributed by atoms with Crippen LogP contribution in [0.1, 0.15) is 20.3 Å². The molecule has 7 heteroatoms. The third-order valence-corrected chi connectivity index (χ3v) is 5.61. The summed E-state index contributed by atoms with van der Waals surface area (Å²) in [5.74, 6) is 1.06. The Kier molecular flexibility index (Phi) is 6.83. The summed E-state index contributed by atoms with van der Waals surface area (Å²) in [5.41, 5.74) is 7.35. The molecule has 0 radical (unpaired) electrons. The maximum absolute atomic E-state index is 12.1. The van der Waals surface area contributed by atoms with Gasteiger partial charge in [0.2, 0.25) is 10.0 Å². The Labute approximate surface area is 132 Å². The Morgan fingerprint density at radius 2 is 2.10 bits per heavy atom. The van der Waals surface area contributed by atoms with Gasteiger partial charge in [-0.3, -0.25) is 0 Å². The van der Waals surface area contributed by atoms with Crippen LogP contribution in [0.2, 0.25) is 0 Å². The molecule has 1 aromatic rings. The molecule has 5 nitrogen and oxygen atoms in total. The zero-order chi connectivity index (χ0) is 16.0. The maximum Gasteiger partial charge on any atom is 0.240 e. The molecule has 120 valence electrons. The van der Waals surface area contributed by atoms with Crippen LogP contribution in [0.25, 0.3) is 0 Å². The first-order valence-electron chi connectivity index (χ1n) is 6.94. The second-order valence-electron chi connectivity index (χ2n) is 4.96. The first-order chi connectivity index (χ1) is 9.83. The first-order valence-corrected chi connectivity index (χ1v) is 9.82. The van der Waals surface area contributed by atoms with E-state index >= 15 is 0 Å². The van der Waals surface area contributed by atoms with Crippen molar-refractivity contribution in [2.45, 2.75) is 31.2 Å². The van der Waals surface area contributed by atoms with Crippen molar-refractivity contribution in [3.63, 3.8) is 0 Å². The second-order valence-corrected chi connectivity index (χ2v) is 7.72. The van der Waals surface area contributed by atoms with E-state index in [0.717, 1.165) is 17.9 Å². The molecule has 1 aromatic carbocycles. The predicted molar refractivity (Wildman–Crippen MR) is 92.6 cm³/mol. The number of nitrogens with two attached hydrogens (primary N) is 1. The van der Waals surface area contributed by atoms with Crippen LogP contribution in [0.4, 0.5) is 11.4 Å². The smallest absolute Gasteiger partial charge is 0.240 e. The normalized spacial score (nSPS) is 13.1. The molecule has 0 saturated heterocycles. The van der Waals surface area contributed by atoms with Crippen LogP contribution in [-0.4, -0.2) is 40.1 Å². The molecule has 0 aliphatic rings. The molecule has 0 spiro atoms. The largest absolute Gasteiger partial charge is 0.397 e. The van der Waals surface area contributed by atoms with Crippen LogP contribution in [0.3, 0.4) is 0 Å². The van der Waals surface area contributed by atoms with E-state index < -0.39 is 10.0 Å². The lowest BCUT2D eigenvalue weighted by atomic mass is 10.2. The summed E-state index contributed by atoms with van der Waals surface area (Å²) < 4.78 is 26.7. The van der Waals surface area contributed by atoms with Gasteiger partial charge in [0.05, 0.1) is 16.3 Å². The van der Waals surface area contributed by atoms with E-state index in [0.29, 0.717) is 12.2 Å². The van der Waals surface area contributed by atoms with Crippen molar-refractivity contribution in [1.29, 1.82) is 0 Å². The third kappa shape index (κ3) is 4.79. The van der Waals surface area contributed by atoms with E-state index in [2.05, 4.69) is 17.9 Å². The molecule has 0 saturated carbocycles. The second kappa shape index (κ2) is 7.91. The monoisotopic (exact) mass is 331 g/mol. The number of thioether (sulfide) groups is 1. The summed E-state index contributed by atoms with van der Waals surface area (Å²) in [6.07, 6.45) is 3.09. The first kappa shape index (κ1) is 18.1. The summed E-state index contributed by atoms with van der Waals surface area (Å²) in [5, 5.41) is 0. The SMILES string of the molecule is CCNS(=O)(=O)c1ccc(N)c(N(C)C(C)CCSC)c1. The number of rotatable bonds is 8. The minimum Gasteiger partial charge on any atom is -0.397 e. The molecule has 3 N–H and O–H groups in total. The minimum atomic E-state index is -3.46. The van der Waals surface area contributed by atoms with Crippen molar-refractivity contribution >= 4 is 33.2 Å². The van der Waals surface area contributed by atoms with E-state index in [4.69, 9.17) is 5.73 Å². The standard InChI is InChI=1S/C14H25N3O2S2/c1-5-16-21(18,19)12-6-7-13(15)14(10-12)17(3)11(2)8-9-20-4/h6-7,10-11,16H,5,8-9,15H2,1-4H3. The van der Waals surface area contributed by atoms with Crippen molar-refractivity contribution in [1.82, 2.24) is 4.72 Å². The Morgan fingerprint density at radius 1 is 1.43 bits per heavy atom. The van der Waals surface area contributed by atoms with E-state index in [-0.39, 0.29) is 10.9 Å². The number of nitrogens with zero attached hydrogens (tertiary/aromatic N) is 1. The van der Waals surface area contributed by atoms with Crippen molar-refractivity contribution in [2.24, 2.45) is 0 Å². The molecule has 0 aliphatic carbocycles. The lowest BCUT2D eigenvalue weighted by Crippen LogP contribution is -2.30. The minimum absolute atomic E-state index is 0.248. The topological polar surface area (TPSA) is 75.4 Å². The summed E-state index contributed by atoms with van der Waals surface area (Å²) in [6, 6.07) is 5.12. The van der Waals surface area contributed by atoms with Gasteiger partial charge >= 0.3 is 0 Å². The van der Waals surface area contributed by atoms with Gasteiger partial charge in [-0.25, -0.2) is 13.1 Å². The van der Waals surface area contributed by atoms with Crippen LogP contribution >= 0.6 is 11.8 Å². The van der Waals surface area contributed by atoms with Gasteiger partial charge in [0, 0.05) is 19.6 Å². The zero-order valence-electron chi connectivity index (χ0n) is 13.1. The van der Waals surface area contributed by atoms with Crippen LogP contribution < -0.4 is 15.4 Å². The molecule has 1 unspecified atom stereocenters. The number of hydrogen-bond acceptors (Lipinski definition) is 5. The number of anilines is 2. The molecule has 1 atom stereocenters. The fraction of sp³-hybridized carbons (Fsp3) is 0.571. The quantitative estimate of drug-likeness (QED) is 0.714. The Hall–Kier alpha value is -0.920. The summed E-state index contributed by atoms with van der Waals surface area (Å²) in [6.45, 7) is 4.23. The van der Waals surface area contributed by atoms with Crippen molar-refractivity contribution in [3.8, 4) is 0 Å². The van der Waals surface area contributed by atoms with Crippen LogP contribution in [0.5, 0.6) is 0 Å². The molecular weight excluding hydrogens is 306 g/mol. The lowest BCUT2D eigenvalue weighted by molar-refractivity contribution is 0.584. The Balaban J connectivity index is 3.07. The van der Waals surface area contributed by atoms with Gasteiger partial charge in [-0.2, -0.15) is 11.8 Å². The lowest BCUT2D eigenvalue weighted by Gasteiger charge is -2.28. The van der Waals surface area contributed by atoms with Gasteiger partial charge in [0.25, 0.3) is 0 Å². The van der Waals surface area contributed by atoms with Gasteiger partial charge in [-0.15, -0.1) is 0 Å².